The first-order valence-corrected chi connectivity index (χ1v) is 8.47. The van der Waals surface area contributed by atoms with E-state index in [2.05, 4.69) is 28.8 Å². The van der Waals surface area contributed by atoms with Crippen LogP contribution in [-0.2, 0) is 4.79 Å². The van der Waals surface area contributed by atoms with Gasteiger partial charge in [-0.2, -0.15) is 5.10 Å². The average molecular weight is 317 g/mol. The minimum Gasteiger partial charge on any atom is -0.344 e. The fourth-order valence-electron chi connectivity index (χ4n) is 2.96. The van der Waals surface area contributed by atoms with Crippen LogP contribution in [0.4, 0.5) is 10.8 Å². The largest absolute Gasteiger partial charge is 0.344 e. The number of aryl methyl sites for hydroxylation is 2. The van der Waals surface area contributed by atoms with Crippen LogP contribution in [0.15, 0.2) is 12.4 Å². The van der Waals surface area contributed by atoms with Gasteiger partial charge in [0.25, 0.3) is 0 Å². The monoisotopic (exact) mass is 317 g/mol. The summed E-state index contributed by atoms with van der Waals surface area (Å²) in [4.78, 5) is 21.8. The number of thiazole rings is 1. The second-order valence-electron chi connectivity index (χ2n) is 6.02. The van der Waals surface area contributed by atoms with Crippen molar-refractivity contribution in [1.29, 1.82) is 0 Å². The molecule has 2 aromatic rings. The van der Waals surface area contributed by atoms with Crippen molar-refractivity contribution in [3.05, 3.63) is 23.0 Å². The SMILES string of the molecule is Cc1nc(N2CC(n3cc(N4CCCC4=O)cn3)C2)sc1C. The summed E-state index contributed by atoms with van der Waals surface area (Å²) in [5.41, 5.74) is 2.05. The Bertz CT molecular complexity index is 696. The zero-order chi connectivity index (χ0) is 15.3. The molecule has 2 saturated heterocycles. The molecule has 0 spiro atoms. The van der Waals surface area contributed by atoms with Crippen LogP contribution in [0.1, 0.15) is 29.5 Å². The van der Waals surface area contributed by atoms with E-state index in [0.29, 0.717) is 12.5 Å². The summed E-state index contributed by atoms with van der Waals surface area (Å²) in [5, 5.41) is 5.55. The van der Waals surface area contributed by atoms with Crippen molar-refractivity contribution >= 4 is 28.1 Å². The number of carbonyl (C=O) groups excluding carboxylic acids is 1. The van der Waals surface area contributed by atoms with Crippen molar-refractivity contribution < 1.29 is 4.79 Å². The zero-order valence-corrected chi connectivity index (χ0v) is 13.6. The first kappa shape index (κ1) is 13.8. The Morgan fingerprint density at radius 3 is 2.77 bits per heavy atom. The lowest BCUT2D eigenvalue weighted by Gasteiger charge is -2.39. The quantitative estimate of drug-likeness (QED) is 0.870. The number of amides is 1. The molecule has 0 unspecified atom stereocenters. The van der Waals surface area contributed by atoms with E-state index < -0.39 is 0 Å². The number of nitrogens with zero attached hydrogens (tertiary/aromatic N) is 5. The maximum Gasteiger partial charge on any atom is 0.227 e. The number of anilines is 2. The van der Waals surface area contributed by atoms with Crippen LogP contribution in [0, 0.1) is 13.8 Å². The van der Waals surface area contributed by atoms with Gasteiger partial charge in [-0.05, 0) is 20.3 Å². The lowest BCUT2D eigenvalue weighted by Crippen LogP contribution is -2.48. The van der Waals surface area contributed by atoms with E-state index in [1.165, 1.54) is 4.88 Å². The van der Waals surface area contributed by atoms with Gasteiger partial charge in [-0.15, -0.1) is 11.3 Å². The summed E-state index contributed by atoms with van der Waals surface area (Å²) in [6.07, 6.45) is 5.42. The van der Waals surface area contributed by atoms with Gasteiger partial charge >= 0.3 is 0 Å². The summed E-state index contributed by atoms with van der Waals surface area (Å²) < 4.78 is 1.99. The minimum atomic E-state index is 0.212. The van der Waals surface area contributed by atoms with E-state index in [9.17, 15) is 4.79 Å². The normalized spacial score (nSPS) is 19.1. The molecular formula is C15H19N5OS. The Kier molecular flexibility index (Phi) is 3.18. The number of rotatable bonds is 3. The molecule has 0 aliphatic carbocycles. The third-order valence-corrected chi connectivity index (χ3v) is 5.63. The van der Waals surface area contributed by atoms with Gasteiger partial charge in [0.1, 0.15) is 0 Å². The molecular weight excluding hydrogens is 298 g/mol. The maximum atomic E-state index is 11.8. The summed E-state index contributed by atoms with van der Waals surface area (Å²) in [6.45, 7) is 6.85. The highest BCUT2D eigenvalue weighted by atomic mass is 32.1. The molecule has 0 saturated carbocycles. The Labute approximate surface area is 133 Å². The summed E-state index contributed by atoms with van der Waals surface area (Å²) >= 11 is 1.75. The van der Waals surface area contributed by atoms with Crippen LogP contribution in [0.25, 0.3) is 0 Å². The number of hydrogen-bond acceptors (Lipinski definition) is 5. The van der Waals surface area contributed by atoms with Gasteiger partial charge < -0.3 is 9.80 Å². The predicted octanol–water partition coefficient (Wildman–Crippen LogP) is 2.14. The third-order valence-electron chi connectivity index (χ3n) is 4.50. The zero-order valence-electron chi connectivity index (χ0n) is 12.8. The van der Waals surface area contributed by atoms with Crippen molar-refractivity contribution in [2.75, 3.05) is 29.4 Å². The molecule has 2 fully saturated rings. The molecule has 0 bridgehead atoms. The first-order valence-electron chi connectivity index (χ1n) is 7.65. The van der Waals surface area contributed by atoms with E-state index >= 15 is 0 Å². The van der Waals surface area contributed by atoms with E-state index in [1.807, 2.05) is 22.0 Å². The van der Waals surface area contributed by atoms with Gasteiger partial charge in [-0.25, -0.2) is 4.98 Å². The summed E-state index contributed by atoms with van der Waals surface area (Å²) in [7, 11) is 0. The highest BCUT2D eigenvalue weighted by Crippen LogP contribution is 2.33. The molecule has 2 aliphatic heterocycles. The first-order chi connectivity index (χ1) is 10.6. The predicted molar refractivity (Wildman–Crippen MR) is 86.7 cm³/mol. The summed E-state index contributed by atoms with van der Waals surface area (Å²) in [6, 6.07) is 0.371. The molecule has 0 aromatic carbocycles. The van der Waals surface area contributed by atoms with Crippen LogP contribution < -0.4 is 9.80 Å². The lowest BCUT2D eigenvalue weighted by atomic mass is 10.1. The smallest absolute Gasteiger partial charge is 0.227 e. The lowest BCUT2D eigenvalue weighted by molar-refractivity contribution is -0.117. The van der Waals surface area contributed by atoms with Crippen LogP contribution in [0.2, 0.25) is 0 Å². The molecule has 0 atom stereocenters. The number of aromatic nitrogens is 3. The van der Waals surface area contributed by atoms with Gasteiger partial charge in [-0.3, -0.25) is 9.48 Å². The van der Waals surface area contributed by atoms with Crippen molar-refractivity contribution in [3.8, 4) is 0 Å². The third kappa shape index (κ3) is 2.20. The molecule has 2 aliphatic rings. The molecule has 0 radical (unpaired) electrons. The molecule has 4 rings (SSSR count). The van der Waals surface area contributed by atoms with Crippen molar-refractivity contribution in [3.63, 3.8) is 0 Å². The average Bonchev–Trinajstić information content (AvgIpc) is 3.11. The molecule has 4 heterocycles. The highest BCUT2D eigenvalue weighted by Gasteiger charge is 2.32. The Balaban J connectivity index is 1.43. The van der Waals surface area contributed by atoms with Gasteiger partial charge in [0.05, 0.1) is 23.6 Å². The van der Waals surface area contributed by atoms with Crippen molar-refractivity contribution in [2.45, 2.75) is 32.7 Å². The second kappa shape index (κ2) is 5.08. The number of carbonyl (C=O) groups is 1. The van der Waals surface area contributed by atoms with Crippen LogP contribution >= 0.6 is 11.3 Å². The van der Waals surface area contributed by atoms with Crippen LogP contribution in [-0.4, -0.2) is 40.3 Å². The molecule has 0 N–H and O–H groups in total. The Morgan fingerprint density at radius 2 is 2.14 bits per heavy atom. The van der Waals surface area contributed by atoms with E-state index in [0.717, 1.165) is 42.6 Å². The molecule has 6 nitrogen and oxygen atoms in total. The molecule has 7 heteroatoms. The number of hydrogen-bond donors (Lipinski definition) is 0. The van der Waals surface area contributed by atoms with E-state index in [4.69, 9.17) is 0 Å². The minimum absolute atomic E-state index is 0.212. The molecule has 116 valence electrons. The molecule has 22 heavy (non-hydrogen) atoms. The Morgan fingerprint density at radius 1 is 1.32 bits per heavy atom. The van der Waals surface area contributed by atoms with Gasteiger partial charge in [0.2, 0.25) is 5.91 Å². The summed E-state index contributed by atoms with van der Waals surface area (Å²) in [5.74, 6) is 0.212. The van der Waals surface area contributed by atoms with Gasteiger partial charge in [-0.1, -0.05) is 0 Å². The highest BCUT2D eigenvalue weighted by molar-refractivity contribution is 7.15. The van der Waals surface area contributed by atoms with Crippen LogP contribution in [0.3, 0.4) is 0 Å². The fraction of sp³-hybridized carbons (Fsp3) is 0.533. The molecule has 1 amide bonds. The fourth-order valence-corrected chi connectivity index (χ4v) is 3.89. The standard InChI is InChI=1S/C15H19N5OS/c1-10-11(2)22-15(17-10)18-7-13(8-18)20-9-12(6-16-20)19-5-3-4-14(19)21/h6,9,13H,3-5,7-8H2,1-2H3. The topological polar surface area (TPSA) is 54.3 Å². The van der Waals surface area contributed by atoms with Crippen molar-refractivity contribution in [2.24, 2.45) is 0 Å². The van der Waals surface area contributed by atoms with E-state index in [-0.39, 0.29) is 5.91 Å². The van der Waals surface area contributed by atoms with Gasteiger partial charge in [0.15, 0.2) is 5.13 Å². The maximum absolute atomic E-state index is 11.8. The Hall–Kier alpha value is -1.89. The molecule has 2 aromatic heterocycles. The van der Waals surface area contributed by atoms with Crippen LogP contribution in [0.5, 0.6) is 0 Å². The van der Waals surface area contributed by atoms with Crippen molar-refractivity contribution in [1.82, 2.24) is 14.8 Å². The van der Waals surface area contributed by atoms with Gasteiger partial charge in [0, 0.05) is 37.1 Å². The second-order valence-corrected chi connectivity index (χ2v) is 7.21. The van der Waals surface area contributed by atoms with E-state index in [1.54, 1.807) is 11.3 Å².